The summed E-state index contributed by atoms with van der Waals surface area (Å²) in [7, 11) is 1.41. The van der Waals surface area contributed by atoms with Crippen LogP contribution < -0.4 is 32.7 Å². The van der Waals surface area contributed by atoms with Crippen molar-refractivity contribution in [1.82, 2.24) is 26.2 Å². The lowest BCUT2D eigenvalue weighted by Crippen LogP contribution is -2.55. The SMILES string of the molecule is CC[C@@H]1NC(=O)c2cccc(c2)CNC(=O)[C@H](CC(=O)O)NC(=O)CNC(=O)[C@H](CCCN=C(N)N)N(C)C1=O. The second-order valence-corrected chi connectivity index (χ2v) is 9.20. The summed E-state index contributed by atoms with van der Waals surface area (Å²) in [5, 5.41) is 19.2. The maximum absolute atomic E-state index is 13.4. The zero-order valence-electron chi connectivity index (χ0n) is 22.4. The number of hydrogen-bond donors (Lipinski definition) is 7. The van der Waals surface area contributed by atoms with E-state index in [4.69, 9.17) is 11.5 Å². The Morgan fingerprint density at radius 3 is 2.40 bits per heavy atom. The molecule has 0 aromatic heterocycles. The highest BCUT2D eigenvalue weighted by atomic mass is 16.4. The molecular weight excluding hydrogens is 524 g/mol. The number of nitrogens with zero attached hydrogens (tertiary/aromatic N) is 2. The van der Waals surface area contributed by atoms with Crippen LogP contribution in [0.15, 0.2) is 29.3 Å². The van der Waals surface area contributed by atoms with Gasteiger partial charge < -0.3 is 42.7 Å². The molecule has 2 rings (SSSR count). The molecule has 15 nitrogen and oxygen atoms in total. The fourth-order valence-electron chi connectivity index (χ4n) is 4.02. The van der Waals surface area contributed by atoms with Gasteiger partial charge in [-0.1, -0.05) is 19.1 Å². The number of aliphatic carboxylic acids is 1. The summed E-state index contributed by atoms with van der Waals surface area (Å²) in [4.78, 5) is 81.1. The Kier molecular flexibility index (Phi) is 11.9. The van der Waals surface area contributed by atoms with Crippen LogP contribution in [0.2, 0.25) is 0 Å². The molecule has 15 heteroatoms. The van der Waals surface area contributed by atoms with Gasteiger partial charge >= 0.3 is 5.97 Å². The van der Waals surface area contributed by atoms with Crippen molar-refractivity contribution < 1.29 is 33.9 Å². The molecule has 0 saturated carbocycles. The van der Waals surface area contributed by atoms with Crippen LogP contribution in [0.25, 0.3) is 0 Å². The number of nitrogens with two attached hydrogens (primary N) is 2. The molecule has 2 bridgehead atoms. The Hall–Kier alpha value is -4.69. The van der Waals surface area contributed by atoms with E-state index in [1.165, 1.54) is 24.1 Å². The summed E-state index contributed by atoms with van der Waals surface area (Å²) in [6, 6.07) is 2.87. The Labute approximate surface area is 231 Å². The Bertz CT molecular complexity index is 1150. The number of guanidine groups is 1. The number of hydrogen-bond acceptors (Lipinski definition) is 7. The van der Waals surface area contributed by atoms with Crippen molar-refractivity contribution >= 4 is 41.5 Å². The van der Waals surface area contributed by atoms with Gasteiger partial charge in [0.25, 0.3) is 5.91 Å². The number of rotatable bonds is 7. The molecule has 0 spiro atoms. The van der Waals surface area contributed by atoms with E-state index in [-0.39, 0.29) is 37.5 Å². The zero-order chi connectivity index (χ0) is 29.8. The van der Waals surface area contributed by atoms with Crippen LogP contribution >= 0.6 is 0 Å². The molecule has 0 saturated heterocycles. The number of carbonyl (C=O) groups is 6. The monoisotopic (exact) mass is 560 g/mol. The third-order valence-corrected chi connectivity index (χ3v) is 6.17. The number of likely N-dealkylation sites (N-methyl/N-ethyl adjacent to an activating group) is 1. The Morgan fingerprint density at radius 1 is 1.05 bits per heavy atom. The van der Waals surface area contributed by atoms with E-state index in [9.17, 15) is 33.9 Å². The lowest BCUT2D eigenvalue weighted by molar-refractivity contribution is -0.141. The molecule has 1 aliphatic rings. The minimum absolute atomic E-state index is 0.0525. The number of nitrogens with one attached hydrogen (secondary N) is 4. The Morgan fingerprint density at radius 2 is 1.75 bits per heavy atom. The number of benzene rings is 1. The molecule has 5 amide bonds. The van der Waals surface area contributed by atoms with Crippen LogP contribution in [0.3, 0.4) is 0 Å². The first-order valence-corrected chi connectivity index (χ1v) is 12.7. The van der Waals surface area contributed by atoms with Crippen LogP contribution in [0.5, 0.6) is 0 Å². The van der Waals surface area contributed by atoms with Crippen LogP contribution in [0, 0.1) is 0 Å². The van der Waals surface area contributed by atoms with E-state index in [1.807, 2.05) is 0 Å². The van der Waals surface area contributed by atoms with Gasteiger partial charge in [-0.2, -0.15) is 0 Å². The van der Waals surface area contributed by atoms with Crippen LogP contribution in [0.4, 0.5) is 0 Å². The van der Waals surface area contributed by atoms with Gasteiger partial charge in [-0.3, -0.25) is 33.8 Å². The average Bonchev–Trinajstić information content (AvgIpc) is 2.91. The van der Waals surface area contributed by atoms with Crippen molar-refractivity contribution in [2.45, 2.75) is 57.3 Å². The fourth-order valence-corrected chi connectivity index (χ4v) is 4.02. The lowest BCUT2D eigenvalue weighted by atomic mass is 10.1. The molecule has 9 N–H and O–H groups in total. The molecule has 1 aromatic rings. The summed E-state index contributed by atoms with van der Waals surface area (Å²) in [6.45, 7) is 1.26. The van der Waals surface area contributed by atoms with Crippen LogP contribution in [-0.2, 0) is 30.5 Å². The molecule has 1 heterocycles. The highest BCUT2D eigenvalue weighted by Crippen LogP contribution is 2.12. The molecular formula is C25H36N8O7. The van der Waals surface area contributed by atoms with Crippen molar-refractivity contribution in [2.75, 3.05) is 20.1 Å². The van der Waals surface area contributed by atoms with E-state index in [0.717, 1.165) is 0 Å². The molecule has 1 aromatic carbocycles. The van der Waals surface area contributed by atoms with Crippen LogP contribution in [0.1, 0.15) is 48.5 Å². The second kappa shape index (κ2) is 15.0. The lowest BCUT2D eigenvalue weighted by Gasteiger charge is -2.30. The van der Waals surface area contributed by atoms with Gasteiger partial charge in [-0.05, 0) is 37.0 Å². The number of carboxylic acids is 1. The molecule has 218 valence electrons. The van der Waals surface area contributed by atoms with Gasteiger partial charge in [0, 0.05) is 25.7 Å². The number of aliphatic imine (C=N–C) groups is 1. The maximum Gasteiger partial charge on any atom is 0.305 e. The molecule has 0 radical (unpaired) electrons. The second-order valence-electron chi connectivity index (χ2n) is 9.20. The summed E-state index contributed by atoms with van der Waals surface area (Å²) < 4.78 is 0. The van der Waals surface area contributed by atoms with Crippen molar-refractivity contribution in [2.24, 2.45) is 16.5 Å². The summed E-state index contributed by atoms with van der Waals surface area (Å²) >= 11 is 0. The number of carboxylic acid groups (broad SMARTS) is 1. The van der Waals surface area contributed by atoms with Gasteiger partial charge in [-0.15, -0.1) is 0 Å². The Balaban J connectivity index is 2.40. The molecule has 40 heavy (non-hydrogen) atoms. The third kappa shape index (κ3) is 9.56. The highest BCUT2D eigenvalue weighted by Gasteiger charge is 2.32. The largest absolute Gasteiger partial charge is 0.481 e. The van der Waals surface area contributed by atoms with Gasteiger partial charge in [0.05, 0.1) is 13.0 Å². The quantitative estimate of drug-likeness (QED) is 0.108. The van der Waals surface area contributed by atoms with Crippen molar-refractivity contribution in [1.29, 1.82) is 0 Å². The van der Waals surface area contributed by atoms with Gasteiger partial charge in [0.15, 0.2) is 5.96 Å². The topological polar surface area (TPSA) is 238 Å². The minimum Gasteiger partial charge on any atom is -0.481 e. The van der Waals surface area contributed by atoms with E-state index in [0.29, 0.717) is 12.0 Å². The molecule has 0 fully saturated rings. The summed E-state index contributed by atoms with van der Waals surface area (Å²) in [5.41, 5.74) is 11.5. The van der Waals surface area contributed by atoms with Gasteiger partial charge in [0.1, 0.15) is 18.1 Å². The van der Waals surface area contributed by atoms with Crippen LogP contribution in [-0.4, -0.2) is 89.7 Å². The summed E-state index contributed by atoms with van der Waals surface area (Å²) in [6.07, 6.45) is -0.0169. The van der Waals surface area contributed by atoms with E-state index in [2.05, 4.69) is 26.3 Å². The first-order valence-electron chi connectivity index (χ1n) is 12.7. The van der Waals surface area contributed by atoms with E-state index >= 15 is 0 Å². The first kappa shape index (κ1) is 31.5. The van der Waals surface area contributed by atoms with Gasteiger partial charge in [0.2, 0.25) is 23.6 Å². The maximum atomic E-state index is 13.4. The first-order chi connectivity index (χ1) is 18.9. The van der Waals surface area contributed by atoms with Gasteiger partial charge in [-0.25, -0.2) is 0 Å². The zero-order valence-corrected chi connectivity index (χ0v) is 22.4. The predicted octanol–water partition coefficient (Wildman–Crippen LogP) is -2.22. The number of amides is 5. The average molecular weight is 561 g/mol. The standard InChI is InChI=1S/C25H36N8O7/c1-3-16-24(40)33(2)18(8-5-9-28-25(26)27)23(39)30-13-19(34)31-17(11-20(35)36)22(38)29-12-14-6-4-7-15(10-14)21(37)32-16/h4,6-7,10,16-18H,3,5,8-9,11-13H2,1-2H3,(H,29,38)(H,30,39)(H,31,34)(H,32,37)(H,35,36)(H4,26,27,28)/t16-,17-,18-/m0/s1. The van der Waals surface area contributed by atoms with Crippen molar-refractivity contribution in [3.63, 3.8) is 0 Å². The predicted molar refractivity (Wildman–Crippen MR) is 143 cm³/mol. The van der Waals surface area contributed by atoms with Crippen molar-refractivity contribution in [3.05, 3.63) is 35.4 Å². The third-order valence-electron chi connectivity index (χ3n) is 6.17. The molecule has 1 aliphatic heterocycles. The number of fused-ring (bicyclic) bond motifs is 2. The van der Waals surface area contributed by atoms with E-state index < -0.39 is 66.6 Å². The highest BCUT2D eigenvalue weighted by molar-refractivity contribution is 5.99. The number of carbonyl (C=O) groups excluding carboxylic acids is 5. The minimum atomic E-state index is -1.42. The molecule has 3 atom stereocenters. The smallest absolute Gasteiger partial charge is 0.305 e. The molecule has 0 aliphatic carbocycles. The normalized spacial score (nSPS) is 21.2. The summed E-state index contributed by atoms with van der Waals surface area (Å²) in [5.74, 6) is -4.74. The van der Waals surface area contributed by atoms with E-state index in [1.54, 1.807) is 19.1 Å². The molecule has 0 unspecified atom stereocenters. The van der Waals surface area contributed by atoms with Crippen molar-refractivity contribution in [3.8, 4) is 0 Å². The fraction of sp³-hybridized carbons (Fsp3) is 0.480.